The van der Waals surface area contributed by atoms with Crippen LogP contribution in [-0.4, -0.2) is 0 Å². The molecule has 0 saturated carbocycles. The summed E-state index contributed by atoms with van der Waals surface area (Å²) in [5, 5.41) is 2.51. The van der Waals surface area contributed by atoms with Crippen molar-refractivity contribution in [3.8, 4) is 55.6 Å². The lowest BCUT2D eigenvalue weighted by Gasteiger charge is -2.34. The van der Waals surface area contributed by atoms with Crippen molar-refractivity contribution in [3.05, 3.63) is 295 Å². The molecule has 11 aromatic carbocycles. The van der Waals surface area contributed by atoms with E-state index in [-0.39, 0.29) is 0 Å². The lowest BCUT2D eigenvalue weighted by Crippen LogP contribution is -2.28. The molecule has 1 heteroatoms. The number of anilines is 3. The van der Waals surface area contributed by atoms with Crippen molar-refractivity contribution in [3.63, 3.8) is 0 Å². The average molecular weight is 840 g/mol. The number of hydrogen-bond donors (Lipinski definition) is 0. The Morgan fingerprint density at radius 1 is 0.242 bits per heavy atom. The van der Waals surface area contributed by atoms with Crippen LogP contribution in [0.2, 0.25) is 0 Å². The molecule has 0 unspecified atom stereocenters. The van der Waals surface area contributed by atoms with Crippen molar-refractivity contribution in [1.29, 1.82) is 0 Å². The minimum atomic E-state index is -0.447. The van der Waals surface area contributed by atoms with Gasteiger partial charge in [-0.1, -0.05) is 224 Å². The molecule has 0 atom stereocenters. The molecule has 0 amide bonds. The molecular weight excluding hydrogens is 795 g/mol. The molecule has 0 saturated heterocycles. The first-order valence-corrected chi connectivity index (χ1v) is 22.8. The van der Waals surface area contributed by atoms with Gasteiger partial charge in [-0.25, -0.2) is 0 Å². The highest BCUT2D eigenvalue weighted by Gasteiger charge is 2.46. The molecule has 0 aliphatic heterocycles. The summed E-state index contributed by atoms with van der Waals surface area (Å²) in [6.45, 7) is 0. The van der Waals surface area contributed by atoms with Gasteiger partial charge in [0.05, 0.1) is 5.41 Å². The van der Waals surface area contributed by atoms with Crippen LogP contribution >= 0.6 is 0 Å². The number of benzene rings is 11. The summed E-state index contributed by atoms with van der Waals surface area (Å²) in [5.74, 6) is 0. The van der Waals surface area contributed by atoms with E-state index in [0.29, 0.717) is 0 Å². The van der Waals surface area contributed by atoms with Crippen molar-refractivity contribution >= 4 is 27.8 Å². The smallest absolute Gasteiger partial charge is 0.0713 e. The van der Waals surface area contributed by atoms with Gasteiger partial charge in [-0.05, 0) is 137 Å². The number of fused-ring (bicyclic) bond motifs is 4. The molecule has 1 aliphatic carbocycles. The maximum Gasteiger partial charge on any atom is 0.0713 e. The molecule has 0 bridgehead atoms. The third-order valence-corrected chi connectivity index (χ3v) is 13.6. The summed E-state index contributed by atoms with van der Waals surface area (Å²) in [7, 11) is 0. The van der Waals surface area contributed by atoms with Crippen LogP contribution in [0, 0.1) is 0 Å². The van der Waals surface area contributed by atoms with E-state index < -0.39 is 5.41 Å². The lowest BCUT2D eigenvalue weighted by molar-refractivity contribution is 0.768. The van der Waals surface area contributed by atoms with E-state index in [9.17, 15) is 0 Å². The maximum absolute atomic E-state index is 2.37. The van der Waals surface area contributed by atoms with Gasteiger partial charge in [0.15, 0.2) is 0 Å². The SMILES string of the molecule is c1ccc(-c2ccc(N(c3ccc(-c4cccc(-c5ccc6ccccc6c5)c4)cc3)c3ccc(-c4cccc5c4-c4ccccc4C5(c4ccccc4)c4ccccc4)cc3)cc2)cc1. The zero-order valence-corrected chi connectivity index (χ0v) is 36.4. The molecule has 0 fully saturated rings. The Morgan fingerprint density at radius 2 is 0.652 bits per heavy atom. The number of rotatable bonds is 9. The van der Waals surface area contributed by atoms with Gasteiger partial charge in [-0.2, -0.15) is 0 Å². The van der Waals surface area contributed by atoms with Crippen LogP contribution in [0.4, 0.5) is 17.1 Å². The fraction of sp³-hybridized carbons (Fsp3) is 0.0154. The van der Waals surface area contributed by atoms with Gasteiger partial charge >= 0.3 is 0 Å². The highest BCUT2D eigenvalue weighted by atomic mass is 15.1. The Bertz CT molecular complexity index is 3440. The second-order valence-corrected chi connectivity index (χ2v) is 17.2. The average Bonchev–Trinajstić information content (AvgIpc) is 3.71. The fourth-order valence-electron chi connectivity index (χ4n) is 10.5. The first-order valence-electron chi connectivity index (χ1n) is 22.8. The van der Waals surface area contributed by atoms with Gasteiger partial charge in [-0.3, -0.25) is 0 Å². The molecule has 0 N–H and O–H groups in total. The molecule has 66 heavy (non-hydrogen) atoms. The number of hydrogen-bond acceptors (Lipinski definition) is 1. The van der Waals surface area contributed by atoms with Gasteiger partial charge in [0.1, 0.15) is 0 Å². The molecule has 1 nitrogen and oxygen atoms in total. The standard InChI is InChI=1S/C65H45N/c1-4-16-46(17-5-1)48-32-38-57(39-33-48)66(58-40-34-49(35-41-58)52-20-14-21-53(44-52)54-31-30-47-18-10-11-19-51(47)45-54)59-42-36-50(37-43-59)60-27-15-29-63-64(60)61-26-12-13-28-62(61)65(63,55-22-6-2-7-23-55)56-24-8-3-9-25-56/h1-45H. The van der Waals surface area contributed by atoms with Crippen LogP contribution in [0.3, 0.4) is 0 Å². The second-order valence-electron chi connectivity index (χ2n) is 17.2. The molecule has 0 heterocycles. The highest BCUT2D eigenvalue weighted by Crippen LogP contribution is 2.58. The van der Waals surface area contributed by atoms with Crippen molar-refractivity contribution in [2.24, 2.45) is 0 Å². The highest BCUT2D eigenvalue weighted by molar-refractivity contribution is 5.96. The van der Waals surface area contributed by atoms with Crippen LogP contribution in [0.1, 0.15) is 22.3 Å². The molecule has 0 aromatic heterocycles. The van der Waals surface area contributed by atoms with E-state index in [1.165, 1.54) is 88.7 Å². The Labute approximate surface area is 387 Å². The van der Waals surface area contributed by atoms with Crippen molar-refractivity contribution < 1.29 is 0 Å². The summed E-state index contributed by atoms with van der Waals surface area (Å²) < 4.78 is 0. The zero-order valence-electron chi connectivity index (χ0n) is 36.4. The third-order valence-electron chi connectivity index (χ3n) is 13.6. The van der Waals surface area contributed by atoms with Gasteiger partial charge in [0, 0.05) is 17.1 Å². The normalized spacial score (nSPS) is 12.4. The molecule has 0 radical (unpaired) electrons. The van der Waals surface area contributed by atoms with Crippen LogP contribution in [0.25, 0.3) is 66.4 Å². The molecular formula is C65H45N. The van der Waals surface area contributed by atoms with Gasteiger partial charge in [-0.15, -0.1) is 0 Å². The van der Waals surface area contributed by atoms with E-state index in [1.807, 2.05) is 0 Å². The predicted molar refractivity (Wildman–Crippen MR) is 278 cm³/mol. The second kappa shape index (κ2) is 16.6. The Morgan fingerprint density at radius 3 is 1.29 bits per heavy atom. The summed E-state index contributed by atoms with van der Waals surface area (Å²) in [6.07, 6.45) is 0. The van der Waals surface area contributed by atoms with E-state index >= 15 is 0 Å². The van der Waals surface area contributed by atoms with Crippen LogP contribution in [-0.2, 0) is 5.41 Å². The number of nitrogens with zero attached hydrogens (tertiary/aromatic N) is 1. The molecule has 11 aromatic rings. The van der Waals surface area contributed by atoms with Crippen molar-refractivity contribution in [2.45, 2.75) is 5.41 Å². The van der Waals surface area contributed by atoms with E-state index in [2.05, 4.69) is 278 Å². The summed E-state index contributed by atoms with van der Waals surface area (Å²) in [5.41, 5.74) is 20.2. The van der Waals surface area contributed by atoms with Crippen LogP contribution in [0.15, 0.2) is 273 Å². The quantitative estimate of drug-likeness (QED) is 0.140. The van der Waals surface area contributed by atoms with E-state index in [0.717, 1.165) is 17.1 Å². The summed E-state index contributed by atoms with van der Waals surface area (Å²) in [4.78, 5) is 2.37. The molecule has 0 spiro atoms. The van der Waals surface area contributed by atoms with Gasteiger partial charge in [0.25, 0.3) is 0 Å². The molecule has 12 rings (SSSR count). The minimum absolute atomic E-state index is 0.447. The predicted octanol–water partition coefficient (Wildman–Crippen LogP) is 17.3. The Hall–Kier alpha value is -8.52. The van der Waals surface area contributed by atoms with Gasteiger partial charge in [0.2, 0.25) is 0 Å². The maximum atomic E-state index is 2.37. The zero-order chi connectivity index (χ0) is 43.9. The fourth-order valence-corrected chi connectivity index (χ4v) is 10.5. The Balaban J connectivity index is 0.938. The first kappa shape index (κ1) is 39.1. The van der Waals surface area contributed by atoms with Gasteiger partial charge < -0.3 is 4.90 Å². The molecule has 310 valence electrons. The third kappa shape index (κ3) is 6.73. The van der Waals surface area contributed by atoms with Crippen LogP contribution < -0.4 is 4.90 Å². The van der Waals surface area contributed by atoms with E-state index in [4.69, 9.17) is 0 Å². The minimum Gasteiger partial charge on any atom is -0.311 e. The first-order chi connectivity index (χ1) is 32.7. The van der Waals surface area contributed by atoms with Crippen LogP contribution in [0.5, 0.6) is 0 Å². The topological polar surface area (TPSA) is 3.24 Å². The largest absolute Gasteiger partial charge is 0.311 e. The summed E-state index contributed by atoms with van der Waals surface area (Å²) >= 11 is 0. The molecule has 1 aliphatic rings. The van der Waals surface area contributed by atoms with Crippen molar-refractivity contribution in [2.75, 3.05) is 4.90 Å². The monoisotopic (exact) mass is 839 g/mol. The van der Waals surface area contributed by atoms with E-state index in [1.54, 1.807) is 0 Å². The Kier molecular flexibility index (Phi) is 9.81. The summed E-state index contributed by atoms with van der Waals surface area (Å²) in [6, 6.07) is 99.9. The van der Waals surface area contributed by atoms with Crippen molar-refractivity contribution in [1.82, 2.24) is 0 Å². The lowest BCUT2D eigenvalue weighted by atomic mass is 9.67.